The van der Waals surface area contributed by atoms with Crippen LogP contribution < -0.4 is 20.1 Å². The summed E-state index contributed by atoms with van der Waals surface area (Å²) in [6.07, 6.45) is 4.90. The first-order chi connectivity index (χ1) is 14.0. The third-order valence-electron chi connectivity index (χ3n) is 4.61. The molecular formula is C19H22Cl2N4O3S. The van der Waals surface area contributed by atoms with Crippen LogP contribution in [0.2, 0.25) is 10.3 Å². The van der Waals surface area contributed by atoms with Crippen LogP contribution in [0, 0.1) is 0 Å². The number of rotatable bonds is 6. The second kappa shape index (κ2) is 10.2. The van der Waals surface area contributed by atoms with E-state index in [0.29, 0.717) is 33.0 Å². The molecule has 1 saturated carbocycles. The second-order valence-corrected chi connectivity index (χ2v) is 7.80. The van der Waals surface area contributed by atoms with Crippen LogP contribution in [0.4, 0.5) is 5.69 Å². The average molecular weight is 457 g/mol. The molecule has 1 fully saturated rings. The number of thiocarbonyl (C=S) groups is 1. The molecule has 1 aliphatic rings. The fourth-order valence-corrected chi connectivity index (χ4v) is 3.76. The molecule has 0 spiro atoms. The fraction of sp³-hybridized carbons (Fsp3) is 0.421. The number of hydrogen-bond acceptors (Lipinski definition) is 6. The van der Waals surface area contributed by atoms with Crippen molar-refractivity contribution in [1.82, 2.24) is 15.3 Å². The highest BCUT2D eigenvalue weighted by Gasteiger charge is 2.23. The molecule has 1 heterocycles. The predicted molar refractivity (Wildman–Crippen MR) is 117 cm³/mol. The highest BCUT2D eigenvalue weighted by molar-refractivity contribution is 7.80. The van der Waals surface area contributed by atoms with Gasteiger partial charge in [0.1, 0.15) is 18.1 Å². The number of halogens is 2. The van der Waals surface area contributed by atoms with E-state index < -0.39 is 6.10 Å². The molecule has 7 nitrogen and oxygen atoms in total. The summed E-state index contributed by atoms with van der Waals surface area (Å²) in [6, 6.07) is 4.99. The maximum Gasteiger partial charge on any atom is 0.222 e. The van der Waals surface area contributed by atoms with Crippen LogP contribution in [-0.4, -0.2) is 39.4 Å². The van der Waals surface area contributed by atoms with Crippen molar-refractivity contribution < 1.29 is 14.6 Å². The zero-order chi connectivity index (χ0) is 20.8. The van der Waals surface area contributed by atoms with Gasteiger partial charge in [0.05, 0.1) is 35.7 Å². The number of methoxy groups -OCH3 is 1. The van der Waals surface area contributed by atoms with Gasteiger partial charge in [-0.3, -0.25) is 0 Å². The summed E-state index contributed by atoms with van der Waals surface area (Å²) < 4.78 is 11.2. The van der Waals surface area contributed by atoms with Crippen molar-refractivity contribution in [1.29, 1.82) is 0 Å². The van der Waals surface area contributed by atoms with E-state index in [1.54, 1.807) is 31.5 Å². The highest BCUT2D eigenvalue weighted by atomic mass is 35.5. The van der Waals surface area contributed by atoms with Crippen LogP contribution in [0.5, 0.6) is 11.5 Å². The number of hydrogen-bond donors (Lipinski definition) is 3. The van der Waals surface area contributed by atoms with Crippen LogP contribution in [0.25, 0.3) is 0 Å². The van der Waals surface area contributed by atoms with Crippen LogP contribution in [0.15, 0.2) is 24.4 Å². The Balaban J connectivity index is 1.66. The highest BCUT2D eigenvalue weighted by Crippen LogP contribution is 2.36. The van der Waals surface area contributed by atoms with Crippen LogP contribution >= 0.6 is 35.4 Å². The molecule has 1 aromatic heterocycles. The maximum atomic E-state index is 10.1. The summed E-state index contributed by atoms with van der Waals surface area (Å²) in [5, 5.41) is 17.3. The van der Waals surface area contributed by atoms with Crippen molar-refractivity contribution in [2.24, 2.45) is 0 Å². The smallest absolute Gasteiger partial charge is 0.222 e. The standard InChI is InChI=1S/C19H22Cl2N4O3S/c1-27-17-9-16(28-10-11-6-7-22-18(21)23-11)12(20)8-14(17)25-19(29)24-13-4-2-3-5-15(13)26/h6-9,13,15,26H,2-5,10H2,1H3,(H2,24,25,29)/t13-,15-/m0/s1. The second-order valence-electron chi connectivity index (χ2n) is 6.65. The summed E-state index contributed by atoms with van der Waals surface area (Å²) >= 11 is 17.5. The number of aliphatic hydroxyl groups is 1. The molecule has 0 unspecified atom stereocenters. The molecule has 1 aliphatic carbocycles. The van der Waals surface area contributed by atoms with E-state index in [9.17, 15) is 5.11 Å². The van der Waals surface area contributed by atoms with Gasteiger partial charge in [-0.25, -0.2) is 9.97 Å². The summed E-state index contributed by atoms with van der Waals surface area (Å²) in [5.74, 6) is 0.948. The Morgan fingerprint density at radius 1 is 1.28 bits per heavy atom. The first-order valence-electron chi connectivity index (χ1n) is 9.19. The number of aliphatic hydroxyl groups excluding tert-OH is 1. The topological polar surface area (TPSA) is 88.5 Å². The van der Waals surface area contributed by atoms with E-state index >= 15 is 0 Å². The molecule has 0 amide bonds. The molecule has 3 rings (SSSR count). The lowest BCUT2D eigenvalue weighted by Crippen LogP contribution is -2.46. The van der Waals surface area contributed by atoms with Crippen LogP contribution in [0.3, 0.4) is 0 Å². The van der Waals surface area contributed by atoms with E-state index in [-0.39, 0.29) is 17.9 Å². The molecule has 156 valence electrons. The molecule has 0 radical (unpaired) electrons. The lowest BCUT2D eigenvalue weighted by molar-refractivity contribution is 0.100. The molecule has 0 saturated heterocycles. The van der Waals surface area contributed by atoms with E-state index in [2.05, 4.69) is 20.6 Å². The summed E-state index contributed by atoms with van der Waals surface area (Å²) in [5.41, 5.74) is 1.22. The summed E-state index contributed by atoms with van der Waals surface area (Å²) in [4.78, 5) is 7.91. The predicted octanol–water partition coefficient (Wildman–Crippen LogP) is 3.96. The van der Waals surface area contributed by atoms with Crippen molar-refractivity contribution in [2.45, 2.75) is 44.4 Å². The molecule has 29 heavy (non-hydrogen) atoms. The van der Waals surface area contributed by atoms with Crippen molar-refractivity contribution in [3.63, 3.8) is 0 Å². The monoisotopic (exact) mass is 456 g/mol. The Morgan fingerprint density at radius 2 is 2.07 bits per heavy atom. The van der Waals surface area contributed by atoms with Gasteiger partial charge in [-0.2, -0.15) is 0 Å². The number of anilines is 1. The van der Waals surface area contributed by atoms with E-state index in [1.165, 1.54) is 0 Å². The summed E-state index contributed by atoms with van der Waals surface area (Å²) in [6.45, 7) is 0.178. The lowest BCUT2D eigenvalue weighted by atomic mass is 9.93. The number of ether oxygens (including phenoxy) is 2. The quantitative estimate of drug-likeness (QED) is 0.444. The fourth-order valence-electron chi connectivity index (χ4n) is 3.12. The zero-order valence-corrected chi connectivity index (χ0v) is 18.2. The van der Waals surface area contributed by atoms with Gasteiger partial charge in [-0.05, 0) is 48.8 Å². The third kappa shape index (κ3) is 6.05. The molecule has 1 aromatic carbocycles. The van der Waals surface area contributed by atoms with Crippen molar-refractivity contribution in [3.8, 4) is 11.5 Å². The van der Waals surface area contributed by atoms with Crippen molar-refractivity contribution in [3.05, 3.63) is 40.4 Å². The van der Waals surface area contributed by atoms with Crippen LogP contribution in [-0.2, 0) is 6.61 Å². The minimum Gasteiger partial charge on any atom is -0.494 e. The summed E-state index contributed by atoms with van der Waals surface area (Å²) in [7, 11) is 1.55. The first-order valence-corrected chi connectivity index (χ1v) is 10.4. The Morgan fingerprint density at radius 3 is 2.79 bits per heavy atom. The van der Waals surface area contributed by atoms with Gasteiger partial charge >= 0.3 is 0 Å². The van der Waals surface area contributed by atoms with E-state index in [4.69, 9.17) is 44.9 Å². The Hall–Kier alpha value is -1.87. The Labute approximate surface area is 184 Å². The Kier molecular flexibility index (Phi) is 7.71. The minimum atomic E-state index is -0.403. The maximum absolute atomic E-state index is 10.1. The lowest BCUT2D eigenvalue weighted by Gasteiger charge is -2.29. The molecule has 10 heteroatoms. The molecule has 2 aromatic rings. The number of benzene rings is 1. The van der Waals surface area contributed by atoms with Gasteiger partial charge in [0, 0.05) is 12.3 Å². The minimum absolute atomic E-state index is 0.0625. The largest absolute Gasteiger partial charge is 0.494 e. The molecule has 3 N–H and O–H groups in total. The van der Waals surface area contributed by atoms with Gasteiger partial charge in [0.25, 0.3) is 0 Å². The number of nitrogens with zero attached hydrogens (tertiary/aromatic N) is 2. The number of nitrogens with one attached hydrogen (secondary N) is 2. The molecule has 2 atom stereocenters. The number of aromatic nitrogens is 2. The van der Waals surface area contributed by atoms with Crippen LogP contribution in [0.1, 0.15) is 31.4 Å². The van der Waals surface area contributed by atoms with Crippen molar-refractivity contribution in [2.75, 3.05) is 12.4 Å². The Bertz CT molecular complexity index is 871. The van der Waals surface area contributed by atoms with Gasteiger partial charge < -0.3 is 25.2 Å². The zero-order valence-electron chi connectivity index (χ0n) is 15.8. The van der Waals surface area contributed by atoms with Gasteiger partial charge in [0.15, 0.2) is 5.11 Å². The molecular weight excluding hydrogens is 435 g/mol. The third-order valence-corrected chi connectivity index (χ3v) is 5.30. The van der Waals surface area contributed by atoms with E-state index in [1.807, 2.05) is 0 Å². The average Bonchev–Trinajstić information content (AvgIpc) is 2.69. The van der Waals surface area contributed by atoms with Gasteiger partial charge in [0.2, 0.25) is 5.28 Å². The van der Waals surface area contributed by atoms with Gasteiger partial charge in [-0.1, -0.05) is 24.4 Å². The molecule has 0 bridgehead atoms. The first kappa shape index (κ1) is 21.8. The SMILES string of the molecule is COc1cc(OCc2ccnc(Cl)n2)c(Cl)cc1NC(=S)N[C@H]1CCCC[C@@H]1O. The van der Waals surface area contributed by atoms with Gasteiger partial charge in [-0.15, -0.1) is 0 Å². The molecule has 0 aliphatic heterocycles. The normalized spacial score (nSPS) is 18.8. The van der Waals surface area contributed by atoms with Crippen molar-refractivity contribution >= 4 is 46.2 Å². The van der Waals surface area contributed by atoms with E-state index in [0.717, 1.165) is 25.7 Å².